The second-order valence-corrected chi connectivity index (χ2v) is 5.56. The second-order valence-electron chi connectivity index (χ2n) is 4.68. The number of hydrogen-bond donors (Lipinski definition) is 1. The third-order valence-electron chi connectivity index (χ3n) is 3.45. The quantitative estimate of drug-likeness (QED) is 0.744. The fraction of sp³-hybridized carbons (Fsp3) is 0.533. The van der Waals surface area contributed by atoms with Gasteiger partial charge in [-0.1, -0.05) is 37.7 Å². The molecule has 0 saturated carbocycles. The molecule has 2 N–H and O–H groups in total. The van der Waals surface area contributed by atoms with Crippen LogP contribution in [-0.4, -0.2) is 31.3 Å². The van der Waals surface area contributed by atoms with E-state index in [4.69, 9.17) is 34.3 Å². The first kappa shape index (κ1) is 17.2. The van der Waals surface area contributed by atoms with Crippen molar-refractivity contribution in [3.8, 4) is 0 Å². The Hall–Kier alpha value is -0.840. The number of halogens is 1. The summed E-state index contributed by atoms with van der Waals surface area (Å²) < 4.78 is 5.22. The number of anilines is 1. The molecule has 0 amide bonds. The van der Waals surface area contributed by atoms with E-state index in [0.717, 1.165) is 30.6 Å². The minimum Gasteiger partial charge on any atom is -0.389 e. The van der Waals surface area contributed by atoms with Gasteiger partial charge in [0.15, 0.2) is 0 Å². The van der Waals surface area contributed by atoms with Crippen molar-refractivity contribution in [1.82, 2.24) is 0 Å². The number of methoxy groups -OCH3 is 1. The highest BCUT2D eigenvalue weighted by atomic mass is 35.5. The smallest absolute Gasteiger partial charge is 0.106 e. The summed E-state index contributed by atoms with van der Waals surface area (Å²) >= 11 is 11.3. The topological polar surface area (TPSA) is 38.5 Å². The lowest BCUT2D eigenvalue weighted by molar-refractivity contribution is 0.202. The number of rotatable bonds is 8. The molecule has 0 atom stereocenters. The van der Waals surface area contributed by atoms with Gasteiger partial charge in [-0.3, -0.25) is 0 Å². The maximum absolute atomic E-state index is 6.15. The van der Waals surface area contributed by atoms with Gasteiger partial charge in [0.05, 0.1) is 6.61 Å². The van der Waals surface area contributed by atoms with Gasteiger partial charge in [0.1, 0.15) is 4.99 Å². The maximum Gasteiger partial charge on any atom is 0.106 e. The predicted octanol–water partition coefficient (Wildman–Crippen LogP) is 3.62. The Morgan fingerprint density at radius 1 is 1.40 bits per heavy atom. The lowest BCUT2D eigenvalue weighted by atomic mass is 10.1. The van der Waals surface area contributed by atoms with Crippen LogP contribution in [0.15, 0.2) is 18.2 Å². The van der Waals surface area contributed by atoms with Crippen LogP contribution in [0, 0.1) is 0 Å². The van der Waals surface area contributed by atoms with Crippen LogP contribution in [0.25, 0.3) is 0 Å². The van der Waals surface area contributed by atoms with Gasteiger partial charge in [0.25, 0.3) is 0 Å². The molecule has 0 aromatic heterocycles. The summed E-state index contributed by atoms with van der Waals surface area (Å²) in [6, 6.07) is 6.06. The fourth-order valence-corrected chi connectivity index (χ4v) is 2.71. The number of thiocarbonyl (C=S) groups is 1. The van der Waals surface area contributed by atoms with Crippen molar-refractivity contribution in [3.63, 3.8) is 0 Å². The van der Waals surface area contributed by atoms with E-state index in [-0.39, 0.29) is 0 Å². The minimum absolute atomic E-state index is 0.394. The summed E-state index contributed by atoms with van der Waals surface area (Å²) in [5.74, 6) is 0. The summed E-state index contributed by atoms with van der Waals surface area (Å²) in [5, 5.41) is 0.688. The predicted molar refractivity (Wildman–Crippen MR) is 90.9 cm³/mol. The molecule has 0 unspecified atom stereocenters. The molecule has 20 heavy (non-hydrogen) atoms. The van der Waals surface area contributed by atoms with E-state index in [1.54, 1.807) is 7.11 Å². The minimum atomic E-state index is 0.394. The zero-order chi connectivity index (χ0) is 15.1. The Morgan fingerprint density at radius 2 is 2.05 bits per heavy atom. The van der Waals surface area contributed by atoms with Crippen LogP contribution in [0.3, 0.4) is 0 Å². The monoisotopic (exact) mass is 314 g/mol. The molecule has 0 radical (unpaired) electrons. The highest BCUT2D eigenvalue weighted by Gasteiger charge is 2.19. The Labute approximate surface area is 132 Å². The highest BCUT2D eigenvalue weighted by molar-refractivity contribution is 7.80. The van der Waals surface area contributed by atoms with E-state index >= 15 is 0 Å². The van der Waals surface area contributed by atoms with Crippen LogP contribution in [0.4, 0.5) is 5.69 Å². The number of nitrogens with two attached hydrogens (primary N) is 1. The van der Waals surface area contributed by atoms with Gasteiger partial charge in [-0.05, 0) is 31.0 Å². The van der Waals surface area contributed by atoms with Gasteiger partial charge in [-0.2, -0.15) is 0 Å². The molecular weight excluding hydrogens is 292 g/mol. The molecule has 1 aromatic carbocycles. The zero-order valence-electron chi connectivity index (χ0n) is 12.4. The molecule has 0 fully saturated rings. The number of ether oxygens (including phenoxy) is 1. The van der Waals surface area contributed by atoms with Crippen LogP contribution >= 0.6 is 23.8 Å². The molecule has 3 nitrogen and oxygen atoms in total. The Morgan fingerprint density at radius 3 is 2.55 bits per heavy atom. The van der Waals surface area contributed by atoms with Gasteiger partial charge in [-0.15, -0.1) is 0 Å². The molecule has 0 heterocycles. The van der Waals surface area contributed by atoms with Gasteiger partial charge < -0.3 is 15.4 Å². The summed E-state index contributed by atoms with van der Waals surface area (Å²) in [4.78, 5) is 2.69. The maximum atomic E-state index is 6.15. The summed E-state index contributed by atoms with van der Waals surface area (Å²) in [6.07, 6.45) is 2.09. The van der Waals surface area contributed by atoms with Crippen molar-refractivity contribution in [2.45, 2.75) is 32.7 Å². The van der Waals surface area contributed by atoms with Gasteiger partial charge in [-0.25, -0.2) is 0 Å². The molecule has 0 aliphatic rings. The summed E-state index contributed by atoms with van der Waals surface area (Å²) in [5.41, 5.74) is 7.71. The third kappa shape index (κ3) is 4.33. The standard InChI is InChI=1S/C15H23ClN2OS/c1-4-12(5-2)18(8-9-19-3)14-10-11(16)6-7-13(14)15(17)20/h6-7,10,12H,4-5,8-9H2,1-3H3,(H2,17,20). The first-order valence-corrected chi connectivity index (χ1v) is 7.68. The van der Waals surface area contributed by atoms with Crippen LogP contribution < -0.4 is 10.6 Å². The van der Waals surface area contributed by atoms with Crippen molar-refractivity contribution in [2.75, 3.05) is 25.2 Å². The van der Waals surface area contributed by atoms with Gasteiger partial charge >= 0.3 is 0 Å². The van der Waals surface area contributed by atoms with E-state index in [1.807, 2.05) is 18.2 Å². The molecule has 112 valence electrons. The van der Waals surface area contributed by atoms with Crippen molar-refractivity contribution >= 4 is 34.5 Å². The van der Waals surface area contributed by atoms with Crippen LogP contribution in [0.2, 0.25) is 5.02 Å². The molecule has 1 aromatic rings. The summed E-state index contributed by atoms with van der Waals surface area (Å²) in [6.45, 7) is 5.80. The van der Waals surface area contributed by atoms with Crippen LogP contribution in [0.5, 0.6) is 0 Å². The van der Waals surface area contributed by atoms with Crippen LogP contribution in [-0.2, 0) is 4.74 Å². The number of hydrogen-bond acceptors (Lipinski definition) is 3. The van der Waals surface area contributed by atoms with Crippen molar-refractivity contribution in [1.29, 1.82) is 0 Å². The lowest BCUT2D eigenvalue weighted by Gasteiger charge is -2.34. The lowest BCUT2D eigenvalue weighted by Crippen LogP contribution is -2.38. The first-order chi connectivity index (χ1) is 9.54. The zero-order valence-corrected chi connectivity index (χ0v) is 13.9. The van der Waals surface area contributed by atoms with Crippen molar-refractivity contribution < 1.29 is 4.74 Å². The normalized spacial score (nSPS) is 10.8. The average Bonchev–Trinajstić information content (AvgIpc) is 2.43. The Bertz CT molecular complexity index is 449. The Kier molecular flexibility index (Phi) is 7.27. The van der Waals surface area contributed by atoms with Crippen molar-refractivity contribution in [2.24, 2.45) is 5.73 Å². The fourth-order valence-electron chi connectivity index (χ4n) is 2.37. The molecular formula is C15H23ClN2OS. The van der Waals surface area contributed by atoms with E-state index in [2.05, 4.69) is 18.7 Å². The molecule has 0 aliphatic heterocycles. The first-order valence-electron chi connectivity index (χ1n) is 6.90. The van der Waals surface area contributed by atoms with E-state index in [1.165, 1.54) is 0 Å². The van der Waals surface area contributed by atoms with Gasteiger partial charge in [0, 0.05) is 36.0 Å². The van der Waals surface area contributed by atoms with Crippen LogP contribution in [0.1, 0.15) is 32.3 Å². The number of nitrogens with zero attached hydrogens (tertiary/aromatic N) is 1. The molecule has 1 rings (SSSR count). The molecule has 0 saturated heterocycles. The largest absolute Gasteiger partial charge is 0.389 e. The summed E-state index contributed by atoms with van der Waals surface area (Å²) in [7, 11) is 1.71. The average molecular weight is 315 g/mol. The van der Waals surface area contributed by atoms with Crippen molar-refractivity contribution in [3.05, 3.63) is 28.8 Å². The molecule has 0 bridgehead atoms. The number of benzene rings is 1. The highest BCUT2D eigenvalue weighted by Crippen LogP contribution is 2.28. The third-order valence-corrected chi connectivity index (χ3v) is 3.91. The van der Waals surface area contributed by atoms with E-state index in [9.17, 15) is 0 Å². The second kappa shape index (κ2) is 8.45. The molecule has 0 aliphatic carbocycles. The Balaban J connectivity index is 3.23. The SMILES string of the molecule is CCC(CC)N(CCOC)c1cc(Cl)ccc1C(N)=S. The van der Waals surface area contributed by atoms with E-state index < -0.39 is 0 Å². The van der Waals surface area contributed by atoms with Gasteiger partial charge in [0.2, 0.25) is 0 Å². The molecule has 5 heteroatoms. The van der Waals surface area contributed by atoms with E-state index in [0.29, 0.717) is 22.7 Å². The molecule has 0 spiro atoms.